The minimum Gasteiger partial charge on any atom is -0.497 e. The van der Waals surface area contributed by atoms with E-state index in [1.165, 1.54) is 19.1 Å². The molecule has 8 heteroatoms. The molecule has 2 rings (SSSR count). The molecule has 1 aliphatic rings. The van der Waals surface area contributed by atoms with Crippen molar-refractivity contribution in [2.24, 2.45) is 0 Å². The third kappa shape index (κ3) is 6.38. The topological polar surface area (TPSA) is 94.2 Å². The van der Waals surface area contributed by atoms with Gasteiger partial charge in [0.2, 0.25) is 5.91 Å². The van der Waals surface area contributed by atoms with Crippen LogP contribution < -0.4 is 14.8 Å². The first-order valence-corrected chi connectivity index (χ1v) is 10.2. The molecule has 2 amide bonds. The fourth-order valence-electron chi connectivity index (χ4n) is 3.36. The lowest BCUT2D eigenvalue weighted by Gasteiger charge is -2.32. The Bertz CT molecular complexity index is 944. The highest BCUT2D eigenvalue weighted by molar-refractivity contribution is 5.98. The molecule has 8 nitrogen and oxygen atoms in total. The zero-order valence-electron chi connectivity index (χ0n) is 18.6. The van der Waals surface area contributed by atoms with Gasteiger partial charge in [-0.3, -0.25) is 14.4 Å². The summed E-state index contributed by atoms with van der Waals surface area (Å²) >= 11 is 0. The van der Waals surface area contributed by atoms with E-state index in [2.05, 4.69) is 11.2 Å². The van der Waals surface area contributed by atoms with E-state index in [9.17, 15) is 14.4 Å². The summed E-state index contributed by atoms with van der Waals surface area (Å²) < 4.78 is 15.5. The number of ether oxygens (including phenoxy) is 3. The third-order valence-corrected chi connectivity index (χ3v) is 4.89. The van der Waals surface area contributed by atoms with Crippen molar-refractivity contribution in [2.45, 2.75) is 32.4 Å². The highest BCUT2D eigenvalue weighted by Gasteiger charge is 2.33. The summed E-state index contributed by atoms with van der Waals surface area (Å²) in [4.78, 5) is 39.0. The number of allylic oxidation sites excluding steroid dienone is 3. The predicted molar refractivity (Wildman–Crippen MR) is 119 cm³/mol. The number of carbonyl (C=O) groups is 3. The lowest BCUT2D eigenvalue weighted by molar-refractivity contribution is -0.144. The average molecular weight is 440 g/mol. The highest BCUT2D eigenvalue weighted by Crippen LogP contribution is 2.28. The molecule has 0 saturated heterocycles. The molecule has 32 heavy (non-hydrogen) atoms. The Kier molecular flexibility index (Phi) is 9.36. The maximum atomic E-state index is 13.2. The van der Waals surface area contributed by atoms with Crippen molar-refractivity contribution in [1.29, 1.82) is 0 Å². The second kappa shape index (κ2) is 12.2. The van der Waals surface area contributed by atoms with E-state index in [1.807, 2.05) is 12.2 Å². The van der Waals surface area contributed by atoms with E-state index in [4.69, 9.17) is 20.6 Å². The van der Waals surface area contributed by atoms with E-state index < -0.39 is 23.8 Å². The summed E-state index contributed by atoms with van der Waals surface area (Å²) in [6, 6.07) is 4.17. The van der Waals surface area contributed by atoms with Crippen LogP contribution in [-0.2, 0) is 25.7 Å². The van der Waals surface area contributed by atoms with Gasteiger partial charge in [0, 0.05) is 11.6 Å². The number of amides is 2. The Labute approximate surface area is 188 Å². The summed E-state index contributed by atoms with van der Waals surface area (Å²) in [5, 5.41) is 2.56. The SMILES string of the molecule is C#CC(=O)N(Cc1ccc(OC)cc1OC)C(C(=O)NCC(=O)OCC)C1=CC=CCC1. The van der Waals surface area contributed by atoms with Gasteiger partial charge in [-0.05, 0) is 43.4 Å². The molecule has 1 atom stereocenters. The van der Waals surface area contributed by atoms with Gasteiger partial charge in [-0.25, -0.2) is 0 Å². The number of hydrogen-bond donors (Lipinski definition) is 1. The van der Waals surface area contributed by atoms with Crippen molar-refractivity contribution in [3.05, 3.63) is 47.6 Å². The maximum absolute atomic E-state index is 13.2. The Balaban J connectivity index is 2.41. The van der Waals surface area contributed by atoms with Crippen LogP contribution in [0.1, 0.15) is 25.3 Å². The van der Waals surface area contributed by atoms with Gasteiger partial charge in [-0.2, -0.15) is 0 Å². The quantitative estimate of drug-likeness (QED) is 0.442. The van der Waals surface area contributed by atoms with Crippen LogP contribution in [0.15, 0.2) is 42.0 Å². The molecule has 0 bridgehead atoms. The molecule has 1 aromatic carbocycles. The average Bonchev–Trinajstić information content (AvgIpc) is 2.82. The summed E-state index contributed by atoms with van der Waals surface area (Å²) in [6.07, 6.45) is 12.3. The number of nitrogens with zero attached hydrogens (tertiary/aromatic N) is 1. The van der Waals surface area contributed by atoms with Gasteiger partial charge >= 0.3 is 5.97 Å². The zero-order chi connectivity index (χ0) is 23.5. The van der Waals surface area contributed by atoms with Crippen molar-refractivity contribution in [3.63, 3.8) is 0 Å². The molecule has 0 radical (unpaired) electrons. The van der Waals surface area contributed by atoms with Gasteiger partial charge in [0.1, 0.15) is 24.1 Å². The standard InChI is InChI=1S/C24H28N2O6/c1-5-21(27)26(16-18-12-13-19(30-3)14-20(18)31-4)23(17-10-8-7-9-11-17)24(29)25-15-22(28)32-6-2/h1,7-8,10,12-14,23H,6,9,11,15-16H2,2-4H3,(H,25,29). The fraction of sp³-hybridized carbons (Fsp3) is 0.375. The summed E-state index contributed by atoms with van der Waals surface area (Å²) in [6.45, 7) is 1.59. The molecule has 0 aromatic heterocycles. The van der Waals surface area contributed by atoms with Gasteiger partial charge in [0.25, 0.3) is 5.91 Å². The van der Waals surface area contributed by atoms with Crippen LogP contribution >= 0.6 is 0 Å². The number of terminal acetylenes is 1. The second-order valence-electron chi connectivity index (χ2n) is 6.89. The number of carbonyl (C=O) groups excluding carboxylic acids is 3. The molecule has 1 aromatic rings. The Hall–Kier alpha value is -3.73. The molecule has 0 fully saturated rings. The van der Waals surface area contributed by atoms with Gasteiger partial charge in [0.15, 0.2) is 0 Å². The van der Waals surface area contributed by atoms with Crippen molar-refractivity contribution >= 4 is 17.8 Å². The smallest absolute Gasteiger partial charge is 0.325 e. The molecule has 0 spiro atoms. The molecule has 1 unspecified atom stereocenters. The van der Waals surface area contributed by atoms with E-state index >= 15 is 0 Å². The minimum atomic E-state index is -0.996. The molecule has 0 aliphatic heterocycles. The zero-order valence-corrected chi connectivity index (χ0v) is 18.6. The Morgan fingerprint density at radius 3 is 2.62 bits per heavy atom. The van der Waals surface area contributed by atoms with Gasteiger partial charge in [-0.1, -0.05) is 18.2 Å². The first kappa shape index (κ1) is 24.5. The molecular formula is C24H28N2O6. The lowest BCUT2D eigenvalue weighted by Crippen LogP contribution is -2.51. The Morgan fingerprint density at radius 1 is 1.25 bits per heavy atom. The molecule has 0 saturated carbocycles. The molecule has 0 heterocycles. The fourth-order valence-corrected chi connectivity index (χ4v) is 3.36. The van der Waals surface area contributed by atoms with Crippen LogP contribution in [0, 0.1) is 12.3 Å². The molecular weight excluding hydrogens is 412 g/mol. The van der Waals surface area contributed by atoms with Gasteiger partial charge < -0.3 is 24.4 Å². The number of methoxy groups -OCH3 is 2. The lowest BCUT2D eigenvalue weighted by atomic mass is 9.95. The second-order valence-corrected chi connectivity index (χ2v) is 6.89. The van der Waals surface area contributed by atoms with E-state index in [-0.39, 0.29) is 19.7 Å². The highest BCUT2D eigenvalue weighted by atomic mass is 16.5. The van der Waals surface area contributed by atoms with E-state index in [1.54, 1.807) is 31.2 Å². The first-order valence-electron chi connectivity index (χ1n) is 10.2. The van der Waals surface area contributed by atoms with Crippen LogP contribution in [0.3, 0.4) is 0 Å². The van der Waals surface area contributed by atoms with Gasteiger partial charge in [-0.15, -0.1) is 6.42 Å². The monoisotopic (exact) mass is 440 g/mol. The van der Waals surface area contributed by atoms with Crippen LogP contribution in [0.5, 0.6) is 11.5 Å². The summed E-state index contributed by atoms with van der Waals surface area (Å²) in [5.74, 6) is 1.44. The summed E-state index contributed by atoms with van der Waals surface area (Å²) in [7, 11) is 3.04. The van der Waals surface area contributed by atoms with E-state index in [0.29, 0.717) is 29.1 Å². The number of rotatable bonds is 10. The Morgan fingerprint density at radius 2 is 2.03 bits per heavy atom. The first-order chi connectivity index (χ1) is 15.4. The van der Waals surface area contributed by atoms with E-state index in [0.717, 1.165) is 6.42 Å². The maximum Gasteiger partial charge on any atom is 0.325 e. The number of esters is 1. The van der Waals surface area contributed by atoms with Gasteiger partial charge in [0.05, 0.1) is 27.4 Å². The number of nitrogens with one attached hydrogen (secondary N) is 1. The third-order valence-electron chi connectivity index (χ3n) is 4.89. The van der Waals surface area contributed by atoms with Crippen LogP contribution in [0.4, 0.5) is 0 Å². The van der Waals surface area contributed by atoms with Crippen LogP contribution in [0.25, 0.3) is 0 Å². The van der Waals surface area contributed by atoms with Crippen molar-refractivity contribution in [3.8, 4) is 23.8 Å². The minimum absolute atomic E-state index is 0.0226. The molecule has 170 valence electrons. The van der Waals surface area contributed by atoms with Crippen LogP contribution in [0.2, 0.25) is 0 Å². The van der Waals surface area contributed by atoms with Crippen molar-refractivity contribution in [1.82, 2.24) is 10.2 Å². The predicted octanol–water partition coefficient (Wildman–Crippen LogP) is 1.99. The largest absolute Gasteiger partial charge is 0.497 e. The van der Waals surface area contributed by atoms with Crippen LogP contribution in [-0.4, -0.2) is 56.1 Å². The molecule has 1 aliphatic carbocycles. The van der Waals surface area contributed by atoms with Crippen molar-refractivity contribution < 1.29 is 28.6 Å². The number of benzene rings is 1. The summed E-state index contributed by atoms with van der Waals surface area (Å²) in [5.41, 5.74) is 1.36. The van der Waals surface area contributed by atoms with Crippen molar-refractivity contribution in [2.75, 3.05) is 27.4 Å². The molecule has 1 N–H and O–H groups in total. The normalized spacial score (nSPS) is 13.2. The number of hydrogen-bond acceptors (Lipinski definition) is 6.